The maximum absolute atomic E-state index is 5.32. The summed E-state index contributed by atoms with van der Waals surface area (Å²) in [5, 5.41) is 3.48. The third-order valence-corrected chi connectivity index (χ3v) is 3.63. The van der Waals surface area contributed by atoms with Crippen molar-refractivity contribution in [2.24, 2.45) is 0 Å². The molecule has 1 heterocycles. The molecule has 3 nitrogen and oxygen atoms in total. The highest BCUT2D eigenvalue weighted by molar-refractivity contribution is 9.10. The number of methoxy groups -OCH3 is 2. The van der Waals surface area contributed by atoms with E-state index < -0.39 is 0 Å². The third-order valence-electron chi connectivity index (χ3n) is 2.94. The number of hydrogen-bond donors (Lipinski definition) is 1. The van der Waals surface area contributed by atoms with Gasteiger partial charge in [-0.25, -0.2) is 0 Å². The van der Waals surface area contributed by atoms with E-state index in [1.165, 1.54) is 18.4 Å². The van der Waals surface area contributed by atoms with Crippen LogP contribution in [0.5, 0.6) is 11.5 Å². The summed E-state index contributed by atoms with van der Waals surface area (Å²) in [4.78, 5) is 0. The molecule has 1 aromatic rings. The van der Waals surface area contributed by atoms with Crippen LogP contribution in [0, 0.1) is 0 Å². The van der Waals surface area contributed by atoms with Gasteiger partial charge in [0, 0.05) is 10.5 Å². The van der Waals surface area contributed by atoms with Gasteiger partial charge in [-0.2, -0.15) is 0 Å². The Balaban J connectivity index is 0.00000144. The topological polar surface area (TPSA) is 30.5 Å². The molecule has 2 rings (SSSR count). The number of benzene rings is 1. The van der Waals surface area contributed by atoms with Gasteiger partial charge in [-0.15, -0.1) is 12.4 Å². The summed E-state index contributed by atoms with van der Waals surface area (Å²) in [7, 11) is 3.31. The van der Waals surface area contributed by atoms with Gasteiger partial charge in [-0.1, -0.05) is 15.9 Å². The first-order valence-electron chi connectivity index (χ1n) is 5.41. The van der Waals surface area contributed by atoms with Gasteiger partial charge in [0.2, 0.25) is 0 Å². The molecule has 0 bridgehead atoms. The fourth-order valence-electron chi connectivity index (χ4n) is 2.09. The quantitative estimate of drug-likeness (QED) is 0.926. The predicted molar refractivity (Wildman–Crippen MR) is 74.5 cm³/mol. The molecule has 0 aromatic heterocycles. The summed E-state index contributed by atoms with van der Waals surface area (Å²) < 4.78 is 11.7. The van der Waals surface area contributed by atoms with Gasteiger partial charge in [-0.05, 0) is 37.1 Å². The second kappa shape index (κ2) is 6.47. The first-order chi connectivity index (χ1) is 7.76. The zero-order chi connectivity index (χ0) is 11.5. The number of ether oxygens (including phenoxy) is 2. The minimum absolute atomic E-state index is 0. The molecule has 1 aromatic carbocycles. The van der Waals surface area contributed by atoms with Crippen LogP contribution in [0.15, 0.2) is 16.6 Å². The molecule has 96 valence electrons. The van der Waals surface area contributed by atoms with Crippen LogP contribution >= 0.6 is 28.3 Å². The van der Waals surface area contributed by atoms with Gasteiger partial charge < -0.3 is 14.8 Å². The smallest absolute Gasteiger partial charge is 0.161 e. The predicted octanol–water partition coefficient (Wildman–Crippen LogP) is 3.31. The molecule has 1 saturated heterocycles. The van der Waals surface area contributed by atoms with Crippen LogP contribution in [-0.4, -0.2) is 20.8 Å². The van der Waals surface area contributed by atoms with Crippen molar-refractivity contribution in [3.05, 3.63) is 22.2 Å². The van der Waals surface area contributed by atoms with Crippen molar-refractivity contribution in [1.82, 2.24) is 5.32 Å². The second-order valence-corrected chi connectivity index (χ2v) is 4.73. The lowest BCUT2D eigenvalue weighted by atomic mass is 10.0. The van der Waals surface area contributed by atoms with Crippen molar-refractivity contribution in [1.29, 1.82) is 0 Å². The first-order valence-corrected chi connectivity index (χ1v) is 6.20. The number of rotatable bonds is 3. The van der Waals surface area contributed by atoms with Crippen molar-refractivity contribution in [3.63, 3.8) is 0 Å². The molecule has 0 spiro atoms. The molecule has 1 aliphatic rings. The van der Waals surface area contributed by atoms with E-state index >= 15 is 0 Å². The Morgan fingerprint density at radius 3 is 2.41 bits per heavy atom. The highest BCUT2D eigenvalue weighted by Gasteiger charge is 2.20. The Bertz CT molecular complexity index is 381. The maximum Gasteiger partial charge on any atom is 0.161 e. The molecule has 0 amide bonds. The van der Waals surface area contributed by atoms with Crippen molar-refractivity contribution in [2.45, 2.75) is 18.9 Å². The molecule has 0 saturated carbocycles. The maximum atomic E-state index is 5.32. The standard InChI is InChI=1S/C12H16BrNO2.ClH/c1-15-11-6-8(10-4-3-5-14-10)9(13)7-12(11)16-2;/h6-7,10,14H,3-5H2,1-2H3;1H/t10-;/m1./s1. The Hall–Kier alpha value is -0.450. The van der Waals surface area contributed by atoms with Crippen LogP contribution in [0.4, 0.5) is 0 Å². The zero-order valence-electron chi connectivity index (χ0n) is 9.96. The monoisotopic (exact) mass is 321 g/mol. The SMILES string of the molecule is COc1cc(Br)c([C@H]2CCCN2)cc1OC.Cl. The molecule has 0 unspecified atom stereocenters. The lowest BCUT2D eigenvalue weighted by molar-refractivity contribution is 0.353. The van der Waals surface area contributed by atoms with Gasteiger partial charge >= 0.3 is 0 Å². The Morgan fingerprint density at radius 2 is 1.88 bits per heavy atom. The molecule has 0 aliphatic carbocycles. The van der Waals surface area contributed by atoms with E-state index in [9.17, 15) is 0 Å². The molecule has 1 N–H and O–H groups in total. The van der Waals surface area contributed by atoms with Crippen LogP contribution in [-0.2, 0) is 0 Å². The lowest BCUT2D eigenvalue weighted by Gasteiger charge is -2.16. The van der Waals surface area contributed by atoms with E-state index in [2.05, 4.69) is 21.2 Å². The molecule has 1 fully saturated rings. The van der Waals surface area contributed by atoms with Crippen molar-refractivity contribution < 1.29 is 9.47 Å². The van der Waals surface area contributed by atoms with Gasteiger partial charge in [-0.3, -0.25) is 0 Å². The Morgan fingerprint density at radius 1 is 1.24 bits per heavy atom. The van der Waals surface area contributed by atoms with Crippen molar-refractivity contribution in [3.8, 4) is 11.5 Å². The van der Waals surface area contributed by atoms with E-state index in [-0.39, 0.29) is 12.4 Å². The number of halogens is 2. The minimum atomic E-state index is 0. The average molecular weight is 323 g/mol. The highest BCUT2D eigenvalue weighted by atomic mass is 79.9. The summed E-state index contributed by atoms with van der Waals surface area (Å²) in [5.74, 6) is 1.55. The van der Waals surface area contributed by atoms with Crippen LogP contribution < -0.4 is 14.8 Å². The Kier molecular flexibility index (Phi) is 5.56. The van der Waals surface area contributed by atoms with Crippen molar-refractivity contribution >= 4 is 28.3 Å². The Labute approximate surface area is 116 Å². The van der Waals surface area contributed by atoms with Crippen LogP contribution in [0.25, 0.3) is 0 Å². The molecule has 1 aliphatic heterocycles. The normalized spacial score (nSPS) is 18.6. The van der Waals surface area contributed by atoms with Gasteiger partial charge in [0.1, 0.15) is 0 Å². The summed E-state index contributed by atoms with van der Waals surface area (Å²) in [6, 6.07) is 4.44. The molecule has 17 heavy (non-hydrogen) atoms. The molecular formula is C12H17BrClNO2. The van der Waals surface area contributed by atoms with Gasteiger partial charge in [0.05, 0.1) is 14.2 Å². The summed E-state index contributed by atoms with van der Waals surface area (Å²) in [6.07, 6.45) is 2.40. The van der Waals surface area contributed by atoms with E-state index in [0.717, 1.165) is 22.5 Å². The number of nitrogens with one attached hydrogen (secondary N) is 1. The van der Waals surface area contributed by atoms with E-state index in [0.29, 0.717) is 6.04 Å². The highest BCUT2D eigenvalue weighted by Crippen LogP contribution is 2.38. The molecule has 5 heteroatoms. The number of hydrogen-bond acceptors (Lipinski definition) is 3. The summed E-state index contributed by atoms with van der Waals surface area (Å²) >= 11 is 3.59. The fourth-order valence-corrected chi connectivity index (χ4v) is 2.69. The van der Waals surface area contributed by atoms with Crippen molar-refractivity contribution in [2.75, 3.05) is 20.8 Å². The summed E-state index contributed by atoms with van der Waals surface area (Å²) in [5.41, 5.74) is 1.25. The lowest BCUT2D eigenvalue weighted by Crippen LogP contribution is -2.13. The zero-order valence-corrected chi connectivity index (χ0v) is 12.4. The third kappa shape index (κ3) is 3.06. The van der Waals surface area contributed by atoms with Gasteiger partial charge in [0.15, 0.2) is 11.5 Å². The fraction of sp³-hybridized carbons (Fsp3) is 0.500. The summed E-state index contributed by atoms with van der Waals surface area (Å²) in [6.45, 7) is 1.09. The van der Waals surface area contributed by atoms with E-state index in [1.54, 1.807) is 14.2 Å². The van der Waals surface area contributed by atoms with E-state index in [1.807, 2.05) is 12.1 Å². The van der Waals surface area contributed by atoms with Crippen LogP contribution in [0.1, 0.15) is 24.4 Å². The average Bonchev–Trinajstić information content (AvgIpc) is 2.82. The molecule has 1 atom stereocenters. The van der Waals surface area contributed by atoms with Crippen LogP contribution in [0.3, 0.4) is 0 Å². The largest absolute Gasteiger partial charge is 0.493 e. The molecular weight excluding hydrogens is 305 g/mol. The van der Waals surface area contributed by atoms with Gasteiger partial charge in [0.25, 0.3) is 0 Å². The second-order valence-electron chi connectivity index (χ2n) is 3.88. The van der Waals surface area contributed by atoms with E-state index in [4.69, 9.17) is 9.47 Å². The molecule has 0 radical (unpaired) electrons. The minimum Gasteiger partial charge on any atom is -0.493 e. The first kappa shape index (κ1) is 14.6. The van der Waals surface area contributed by atoms with Crippen LogP contribution in [0.2, 0.25) is 0 Å².